The molecule has 0 amide bonds. The van der Waals surface area contributed by atoms with E-state index in [1.54, 1.807) is 0 Å². The van der Waals surface area contributed by atoms with Crippen LogP contribution in [0, 0.1) is 23.7 Å². The summed E-state index contributed by atoms with van der Waals surface area (Å²) in [5, 5.41) is 0. The maximum absolute atomic E-state index is 11.6. The van der Waals surface area contributed by atoms with Crippen LogP contribution in [0.3, 0.4) is 0 Å². The van der Waals surface area contributed by atoms with Gasteiger partial charge >= 0.3 is 0 Å². The molecule has 3 aliphatic carbocycles. The van der Waals surface area contributed by atoms with Crippen molar-refractivity contribution in [2.75, 3.05) is 0 Å². The Morgan fingerprint density at radius 2 is 1.69 bits per heavy atom. The predicted octanol–water partition coefficient (Wildman–Crippen LogP) is 2.79. The smallest absolute Gasteiger partial charge is 0.136 e. The minimum absolute atomic E-state index is 0.499. The zero-order valence-electron chi connectivity index (χ0n) is 8.17. The normalized spacial score (nSPS) is 49.1. The van der Waals surface area contributed by atoms with Crippen LogP contribution in [0.2, 0.25) is 0 Å². The number of carbonyl (C=O) groups is 1. The lowest BCUT2D eigenvalue weighted by Crippen LogP contribution is -2.28. The fourth-order valence-corrected chi connectivity index (χ4v) is 4.03. The van der Waals surface area contributed by atoms with Crippen LogP contribution in [0.25, 0.3) is 0 Å². The number of carbonyl (C=O) groups excluding carboxylic acids is 1. The van der Waals surface area contributed by atoms with Crippen molar-refractivity contribution in [2.24, 2.45) is 23.7 Å². The van der Waals surface area contributed by atoms with Gasteiger partial charge in [0.1, 0.15) is 5.78 Å². The molecule has 0 radical (unpaired) electrons. The van der Waals surface area contributed by atoms with Crippen molar-refractivity contribution in [3.05, 3.63) is 0 Å². The SMILES string of the molecule is O=C1CCC2CC3CCCC3CC12. The Morgan fingerprint density at radius 1 is 0.923 bits per heavy atom. The van der Waals surface area contributed by atoms with Gasteiger partial charge in [-0.15, -0.1) is 0 Å². The first-order chi connectivity index (χ1) is 6.34. The molecule has 13 heavy (non-hydrogen) atoms. The van der Waals surface area contributed by atoms with E-state index < -0.39 is 0 Å². The molecule has 0 bridgehead atoms. The Labute approximate surface area is 79.9 Å². The highest BCUT2D eigenvalue weighted by atomic mass is 16.1. The second-order valence-corrected chi connectivity index (χ2v) is 5.29. The van der Waals surface area contributed by atoms with Crippen molar-refractivity contribution in [1.82, 2.24) is 0 Å². The molecule has 72 valence electrons. The lowest BCUT2D eigenvalue weighted by molar-refractivity contribution is -0.122. The van der Waals surface area contributed by atoms with Gasteiger partial charge in [-0.05, 0) is 37.0 Å². The zero-order valence-corrected chi connectivity index (χ0v) is 8.17. The Hall–Kier alpha value is -0.330. The van der Waals surface area contributed by atoms with Crippen LogP contribution in [-0.4, -0.2) is 5.78 Å². The average Bonchev–Trinajstić information content (AvgIpc) is 2.70. The van der Waals surface area contributed by atoms with Crippen LogP contribution < -0.4 is 0 Å². The van der Waals surface area contributed by atoms with Crippen LogP contribution in [0.4, 0.5) is 0 Å². The molecular weight excluding hydrogens is 160 g/mol. The molecule has 0 saturated heterocycles. The number of rotatable bonds is 0. The molecule has 3 aliphatic rings. The second kappa shape index (κ2) is 2.83. The number of hydrogen-bond donors (Lipinski definition) is 0. The lowest BCUT2D eigenvalue weighted by atomic mass is 9.71. The third-order valence-corrected chi connectivity index (χ3v) is 4.72. The van der Waals surface area contributed by atoms with Gasteiger partial charge in [-0.3, -0.25) is 4.79 Å². The summed E-state index contributed by atoms with van der Waals surface area (Å²) < 4.78 is 0. The molecule has 0 heterocycles. The monoisotopic (exact) mass is 178 g/mol. The summed E-state index contributed by atoms with van der Waals surface area (Å²) in [6, 6.07) is 0. The molecule has 4 unspecified atom stereocenters. The highest BCUT2D eigenvalue weighted by molar-refractivity contribution is 5.83. The average molecular weight is 178 g/mol. The van der Waals surface area contributed by atoms with Gasteiger partial charge in [0, 0.05) is 12.3 Å². The van der Waals surface area contributed by atoms with Crippen molar-refractivity contribution >= 4 is 5.78 Å². The van der Waals surface area contributed by atoms with Gasteiger partial charge in [-0.1, -0.05) is 19.3 Å². The number of fused-ring (bicyclic) bond motifs is 2. The Balaban J connectivity index is 1.79. The number of hydrogen-bond acceptors (Lipinski definition) is 1. The lowest BCUT2D eigenvalue weighted by Gasteiger charge is -2.33. The molecule has 0 spiro atoms. The van der Waals surface area contributed by atoms with E-state index in [2.05, 4.69) is 0 Å². The minimum atomic E-state index is 0.499. The zero-order chi connectivity index (χ0) is 8.84. The van der Waals surface area contributed by atoms with E-state index in [9.17, 15) is 4.79 Å². The standard InChI is InChI=1S/C12H18O/c13-12-5-4-10-6-8-2-1-3-9(8)7-11(10)12/h8-11H,1-7H2. The molecular formula is C12H18O. The summed E-state index contributed by atoms with van der Waals surface area (Å²) in [7, 11) is 0. The molecule has 0 aliphatic heterocycles. The van der Waals surface area contributed by atoms with E-state index in [1.165, 1.54) is 38.5 Å². The van der Waals surface area contributed by atoms with Crippen LogP contribution >= 0.6 is 0 Å². The second-order valence-electron chi connectivity index (χ2n) is 5.29. The number of Topliss-reactive ketones (excluding diaryl/α,β-unsaturated/α-hetero) is 1. The van der Waals surface area contributed by atoms with Crippen molar-refractivity contribution in [1.29, 1.82) is 0 Å². The van der Waals surface area contributed by atoms with Gasteiger partial charge in [0.2, 0.25) is 0 Å². The summed E-state index contributed by atoms with van der Waals surface area (Å²) in [4.78, 5) is 11.6. The van der Waals surface area contributed by atoms with Crippen LogP contribution in [-0.2, 0) is 4.79 Å². The summed E-state index contributed by atoms with van der Waals surface area (Å²) in [6.07, 6.45) is 9.07. The fourth-order valence-electron chi connectivity index (χ4n) is 4.03. The molecule has 4 atom stereocenters. The molecule has 0 aromatic heterocycles. The third kappa shape index (κ3) is 1.16. The Bertz CT molecular complexity index is 233. The van der Waals surface area contributed by atoms with Gasteiger partial charge in [0.25, 0.3) is 0 Å². The van der Waals surface area contributed by atoms with Gasteiger partial charge in [0.15, 0.2) is 0 Å². The highest BCUT2D eigenvalue weighted by Gasteiger charge is 2.44. The molecule has 3 fully saturated rings. The van der Waals surface area contributed by atoms with E-state index in [1.807, 2.05) is 0 Å². The largest absolute Gasteiger partial charge is 0.299 e. The van der Waals surface area contributed by atoms with Gasteiger partial charge in [0.05, 0.1) is 0 Å². The summed E-state index contributed by atoms with van der Waals surface area (Å²) in [5.74, 6) is 3.83. The van der Waals surface area contributed by atoms with Crippen molar-refractivity contribution < 1.29 is 4.79 Å². The first kappa shape index (κ1) is 8.02. The van der Waals surface area contributed by atoms with Gasteiger partial charge < -0.3 is 0 Å². The van der Waals surface area contributed by atoms with Crippen LogP contribution in [0.5, 0.6) is 0 Å². The topological polar surface area (TPSA) is 17.1 Å². The van der Waals surface area contributed by atoms with Gasteiger partial charge in [-0.2, -0.15) is 0 Å². The van der Waals surface area contributed by atoms with E-state index >= 15 is 0 Å². The fraction of sp³-hybridized carbons (Fsp3) is 0.917. The summed E-state index contributed by atoms with van der Waals surface area (Å²) >= 11 is 0. The minimum Gasteiger partial charge on any atom is -0.299 e. The van der Waals surface area contributed by atoms with Crippen molar-refractivity contribution in [3.8, 4) is 0 Å². The summed E-state index contributed by atoms with van der Waals surface area (Å²) in [5.41, 5.74) is 0. The van der Waals surface area contributed by atoms with Crippen molar-refractivity contribution in [3.63, 3.8) is 0 Å². The molecule has 1 heteroatoms. The molecule has 3 saturated carbocycles. The predicted molar refractivity (Wildman–Crippen MR) is 51.3 cm³/mol. The third-order valence-electron chi connectivity index (χ3n) is 4.72. The Kier molecular flexibility index (Phi) is 1.75. The molecule has 0 aromatic carbocycles. The van der Waals surface area contributed by atoms with E-state index in [0.29, 0.717) is 11.7 Å². The van der Waals surface area contributed by atoms with E-state index in [-0.39, 0.29) is 0 Å². The van der Waals surface area contributed by atoms with E-state index in [0.717, 1.165) is 24.2 Å². The quantitative estimate of drug-likeness (QED) is 0.557. The van der Waals surface area contributed by atoms with Crippen molar-refractivity contribution in [2.45, 2.75) is 44.9 Å². The first-order valence-electron chi connectivity index (χ1n) is 5.87. The molecule has 1 nitrogen and oxygen atoms in total. The van der Waals surface area contributed by atoms with E-state index in [4.69, 9.17) is 0 Å². The molecule has 0 aromatic rings. The van der Waals surface area contributed by atoms with Gasteiger partial charge in [-0.25, -0.2) is 0 Å². The Morgan fingerprint density at radius 3 is 2.54 bits per heavy atom. The summed E-state index contributed by atoms with van der Waals surface area (Å²) in [6.45, 7) is 0. The molecule has 0 N–H and O–H groups in total. The van der Waals surface area contributed by atoms with Crippen LogP contribution in [0.1, 0.15) is 44.9 Å². The molecule has 3 rings (SSSR count). The first-order valence-corrected chi connectivity index (χ1v) is 5.87. The maximum Gasteiger partial charge on any atom is 0.136 e. The van der Waals surface area contributed by atoms with Crippen LogP contribution in [0.15, 0.2) is 0 Å². The maximum atomic E-state index is 11.6. The highest BCUT2D eigenvalue weighted by Crippen LogP contribution is 2.50. The number of ketones is 1.